The Morgan fingerprint density at radius 2 is 0.741 bits per heavy atom. The topological polar surface area (TPSA) is 231 Å². The van der Waals surface area contributed by atoms with E-state index in [4.69, 9.17) is 0 Å². The van der Waals surface area contributed by atoms with Gasteiger partial charge >= 0.3 is 2.85 Å². The maximum absolute atomic E-state index is 10.9. The third-order valence-electron chi connectivity index (χ3n) is 9.47. The molecule has 10 N–H and O–H groups in total. The van der Waals surface area contributed by atoms with Gasteiger partial charge in [-0.2, -0.15) is 0 Å². The van der Waals surface area contributed by atoms with Crippen molar-refractivity contribution in [2.45, 2.75) is 53.8 Å². The highest BCUT2D eigenvalue weighted by molar-refractivity contribution is 5.81. The third kappa shape index (κ3) is 10.2. The number of hydrogen-bond donors (Lipinski definition) is 6. The molecule has 4 heterocycles. The average molecular weight is 751 g/mol. The van der Waals surface area contributed by atoms with Crippen LogP contribution in [0.1, 0.15) is 79.2 Å². The van der Waals surface area contributed by atoms with E-state index in [2.05, 4.69) is 19.6 Å². The van der Waals surface area contributed by atoms with E-state index in [9.17, 15) is 40.2 Å². The Kier molecular flexibility index (Phi) is 15.2. The first-order valence-electron chi connectivity index (χ1n) is 17.1. The highest BCUT2D eigenvalue weighted by atomic mass is 16.3. The number of phenolic OH excluding ortho intramolecular Hbond substituents is 2. The van der Waals surface area contributed by atoms with Gasteiger partial charge in [0.15, 0.2) is 12.6 Å². The molecule has 4 saturated heterocycles. The van der Waals surface area contributed by atoms with E-state index in [0.29, 0.717) is 47.7 Å². The Hall–Kier alpha value is -4.90. The van der Waals surface area contributed by atoms with Crippen molar-refractivity contribution in [2.75, 3.05) is 40.0 Å². The largest absolute Gasteiger partial charge is 1.00 e. The van der Waals surface area contributed by atoms with Crippen LogP contribution in [-0.2, 0) is 26.1 Å². The van der Waals surface area contributed by atoms with E-state index < -0.39 is 0 Å². The number of carbonyl (C=O) groups excluding carboxylic acids is 2. The van der Waals surface area contributed by atoms with Crippen molar-refractivity contribution in [1.29, 1.82) is 0 Å². The molecule has 0 atom stereocenters. The number of nitrogens with zero attached hydrogens (tertiary/aromatic N) is 4. The molecule has 4 bridgehead atoms. The van der Waals surface area contributed by atoms with Gasteiger partial charge in [-0.3, -0.25) is 29.2 Å². The van der Waals surface area contributed by atoms with Crippen LogP contribution in [-0.4, -0.2) is 114 Å². The summed E-state index contributed by atoms with van der Waals surface area (Å²) in [7, 11) is 0. The van der Waals surface area contributed by atoms with Gasteiger partial charge in [0.1, 0.15) is 23.0 Å². The van der Waals surface area contributed by atoms with Gasteiger partial charge in [0.2, 0.25) is 0 Å². The number of carbonyl (C=O) groups is 2. The minimum Gasteiger partial charge on any atom is -0.507 e. The summed E-state index contributed by atoms with van der Waals surface area (Å²) in [5.74, 6) is 0.229. The van der Waals surface area contributed by atoms with Gasteiger partial charge in [0, 0.05) is 11.1 Å². The van der Waals surface area contributed by atoms with Crippen molar-refractivity contribution in [3.8, 4) is 23.0 Å². The van der Waals surface area contributed by atoms with Gasteiger partial charge in [0.25, 0.3) is 0 Å². The second-order valence-electron chi connectivity index (χ2n) is 14.0. The molecule has 8 rings (SSSR count). The summed E-state index contributed by atoms with van der Waals surface area (Å²) in [6, 6.07) is 14.1. The van der Waals surface area contributed by atoms with Crippen LogP contribution in [0.25, 0.3) is 0 Å². The SMILES string of the molecule is C1N2CN3CN1CN(C2)C3.Cc1cc(Cc2cc(C)c(O)c(C=O)c2)cc(C=O)c1O.Cc1cc(Cc2cc(C)c(O)c(CO)c2)cc(CO)c1O.O.O.[H+].[H+]. The molecular weight excluding hydrogens is 696 g/mol. The minimum absolute atomic E-state index is 0. The van der Waals surface area contributed by atoms with Gasteiger partial charge in [-0.1, -0.05) is 24.3 Å². The van der Waals surface area contributed by atoms with E-state index >= 15 is 0 Å². The standard InChI is InChI=1S/C17H20O4.C17H16O4.C6H12N4.2H2O/c2*1-10-3-12(6-14(8-18)16(10)20)5-13-4-11(2)17(21)15(7-13)9-19;1-7-2-9-4-8(1)5-10(3-7)6-9;;/h3-4,6-7,18-21H,5,8-9H2,1-2H3;3-4,6-9,20-21H,5H2,1-2H3;1-6H2;2*1H2/p+2. The van der Waals surface area contributed by atoms with Crippen LogP contribution in [0.15, 0.2) is 48.5 Å². The normalized spacial score (nSPS) is 18.9. The minimum atomic E-state index is -0.211. The molecule has 0 amide bonds. The van der Waals surface area contributed by atoms with Crippen LogP contribution in [0.5, 0.6) is 23.0 Å². The monoisotopic (exact) mass is 750 g/mol. The van der Waals surface area contributed by atoms with Gasteiger partial charge in [-0.25, -0.2) is 0 Å². The Balaban J connectivity index is 0.000000425. The van der Waals surface area contributed by atoms with Crippen LogP contribution in [0.2, 0.25) is 0 Å². The Morgan fingerprint density at radius 3 is 1.00 bits per heavy atom. The second-order valence-corrected chi connectivity index (χ2v) is 14.0. The van der Waals surface area contributed by atoms with Gasteiger partial charge in [-0.05, 0) is 109 Å². The van der Waals surface area contributed by atoms with E-state index in [0.717, 1.165) is 33.4 Å². The predicted octanol–water partition coefficient (Wildman–Crippen LogP) is 2.78. The third-order valence-corrected chi connectivity index (χ3v) is 9.47. The van der Waals surface area contributed by atoms with Crippen LogP contribution in [0.4, 0.5) is 0 Å². The molecule has 0 spiro atoms. The number of aliphatic hydroxyl groups is 2. The number of benzene rings is 4. The summed E-state index contributed by atoms with van der Waals surface area (Å²) < 4.78 is 0. The number of aryl methyl sites for hydroxylation is 4. The molecule has 0 saturated carbocycles. The van der Waals surface area contributed by atoms with E-state index in [-0.39, 0.29) is 61.1 Å². The van der Waals surface area contributed by atoms with Crippen LogP contribution >= 0.6 is 0 Å². The fraction of sp³-hybridized carbons (Fsp3) is 0.350. The van der Waals surface area contributed by atoms with E-state index in [1.807, 2.05) is 12.1 Å². The quantitative estimate of drug-likeness (QED) is 0.143. The molecule has 14 nitrogen and oxygen atoms in total. The maximum atomic E-state index is 10.9. The smallest absolute Gasteiger partial charge is 0.507 e. The molecule has 0 aromatic heterocycles. The maximum Gasteiger partial charge on any atom is 1.00 e. The van der Waals surface area contributed by atoms with Crippen molar-refractivity contribution >= 4 is 12.6 Å². The molecule has 292 valence electrons. The van der Waals surface area contributed by atoms with Crippen LogP contribution < -0.4 is 0 Å². The number of aldehydes is 2. The van der Waals surface area contributed by atoms with Gasteiger partial charge < -0.3 is 41.6 Å². The Bertz CT molecular complexity index is 1790. The van der Waals surface area contributed by atoms with Gasteiger partial charge in [-0.15, -0.1) is 0 Å². The lowest BCUT2D eigenvalue weighted by atomic mass is 9.96. The number of aromatic hydroxyl groups is 4. The molecule has 4 aliphatic heterocycles. The number of phenols is 4. The summed E-state index contributed by atoms with van der Waals surface area (Å²) >= 11 is 0. The summed E-state index contributed by atoms with van der Waals surface area (Å²) in [5.41, 5.74) is 7.82. The lowest BCUT2D eigenvalue weighted by molar-refractivity contribution is -0.194. The zero-order valence-electron chi connectivity index (χ0n) is 33.1. The predicted molar refractivity (Wildman–Crippen MR) is 206 cm³/mol. The molecule has 0 radical (unpaired) electrons. The molecule has 14 heteroatoms. The van der Waals surface area contributed by atoms with E-state index in [1.54, 1.807) is 64.1 Å². The molecule has 0 aliphatic carbocycles. The fourth-order valence-corrected chi connectivity index (χ4v) is 7.17. The molecule has 4 aliphatic rings. The second kappa shape index (κ2) is 18.9. The van der Waals surface area contributed by atoms with Crippen molar-refractivity contribution in [2.24, 2.45) is 0 Å². The van der Waals surface area contributed by atoms with Crippen molar-refractivity contribution < 1.29 is 54.0 Å². The average Bonchev–Trinajstić information content (AvgIpc) is 3.10. The summed E-state index contributed by atoms with van der Waals surface area (Å²) in [6.45, 7) is 13.7. The van der Waals surface area contributed by atoms with Crippen molar-refractivity contribution in [3.05, 3.63) is 115 Å². The van der Waals surface area contributed by atoms with Crippen LogP contribution in [0, 0.1) is 27.7 Å². The number of aliphatic hydroxyl groups excluding tert-OH is 2. The van der Waals surface area contributed by atoms with Crippen molar-refractivity contribution in [1.82, 2.24) is 19.6 Å². The number of rotatable bonds is 8. The highest BCUT2D eigenvalue weighted by Gasteiger charge is 2.36. The zero-order chi connectivity index (χ0) is 37.7. The Morgan fingerprint density at radius 1 is 0.481 bits per heavy atom. The summed E-state index contributed by atoms with van der Waals surface area (Å²) in [6.07, 6.45) is 2.33. The summed E-state index contributed by atoms with van der Waals surface area (Å²) in [5, 5.41) is 57.7. The first-order chi connectivity index (χ1) is 24.8. The highest BCUT2D eigenvalue weighted by Crippen LogP contribution is 2.29. The first-order valence-corrected chi connectivity index (χ1v) is 17.1. The van der Waals surface area contributed by atoms with Gasteiger partial charge in [0.05, 0.1) is 64.4 Å². The molecule has 4 aromatic rings. The lowest BCUT2D eigenvalue weighted by Crippen LogP contribution is -2.71. The molecular formula is C40H54N4O10+2. The molecule has 4 fully saturated rings. The van der Waals surface area contributed by atoms with Crippen LogP contribution in [0.3, 0.4) is 0 Å². The summed E-state index contributed by atoms with van der Waals surface area (Å²) in [4.78, 5) is 31.8. The number of hydrogen-bond acceptors (Lipinski definition) is 12. The van der Waals surface area contributed by atoms with Crippen molar-refractivity contribution in [3.63, 3.8) is 0 Å². The first kappa shape index (κ1) is 43.5. The molecule has 54 heavy (non-hydrogen) atoms. The zero-order valence-corrected chi connectivity index (χ0v) is 31.1. The lowest BCUT2D eigenvalue weighted by Gasteiger charge is -2.56. The Labute approximate surface area is 317 Å². The fourth-order valence-electron chi connectivity index (χ4n) is 7.17. The van der Waals surface area contributed by atoms with E-state index in [1.165, 1.54) is 40.0 Å². The molecule has 0 unspecified atom stereocenters. The molecule has 4 aromatic carbocycles.